The molecular weight excluding hydrogens is 429 g/mol. The highest BCUT2D eigenvalue weighted by Gasteiger charge is 2.40. The molecule has 1 aliphatic rings. The molecule has 1 fully saturated rings. The molecule has 1 aliphatic carbocycles. The smallest absolute Gasteiger partial charge is 0.101 e. The lowest BCUT2D eigenvalue weighted by Crippen LogP contribution is -2.53. The van der Waals surface area contributed by atoms with E-state index >= 15 is 0 Å². The maximum absolute atomic E-state index is 6.53. The summed E-state index contributed by atoms with van der Waals surface area (Å²) in [5, 5.41) is 4.45. The van der Waals surface area contributed by atoms with Crippen LogP contribution in [0.4, 0.5) is 0 Å². The third-order valence-electron chi connectivity index (χ3n) is 5.14. The summed E-state index contributed by atoms with van der Waals surface area (Å²) in [6.07, 6.45) is 10.3. The van der Waals surface area contributed by atoms with Crippen LogP contribution in [0.3, 0.4) is 0 Å². The molecule has 0 amide bonds. The van der Waals surface area contributed by atoms with Crippen molar-refractivity contribution in [3.63, 3.8) is 0 Å². The molecule has 2 rings (SSSR count). The molecular formula is C19H29BClIN2. The standard InChI is InChI=1S/C19H29BClIN2/c1-2-14-11-17(21)6-5-15(14)7-10-24-18-12-16(13-18)19(22,23)8-3-4-9-20/h2,5-6,11,16,18,24H,1,3-4,7-10,12-13,20,23H2/t16-,18+,19?. The van der Waals surface area contributed by atoms with Gasteiger partial charge < -0.3 is 11.1 Å². The Kier molecular flexibility index (Phi) is 8.12. The first-order chi connectivity index (χ1) is 11.5. The maximum Gasteiger partial charge on any atom is 0.101 e. The van der Waals surface area contributed by atoms with Crippen LogP contribution < -0.4 is 11.1 Å². The van der Waals surface area contributed by atoms with Gasteiger partial charge in [0.05, 0.1) is 3.55 Å². The van der Waals surface area contributed by atoms with E-state index in [0.717, 1.165) is 30.0 Å². The molecule has 5 heteroatoms. The molecule has 0 aromatic heterocycles. The number of alkyl halides is 1. The summed E-state index contributed by atoms with van der Waals surface area (Å²) in [6.45, 7) is 4.87. The Hall–Kier alpha value is -0.0351. The Labute approximate surface area is 166 Å². The Morgan fingerprint density at radius 1 is 1.42 bits per heavy atom. The fourth-order valence-corrected chi connectivity index (χ4v) is 4.49. The van der Waals surface area contributed by atoms with Gasteiger partial charge in [-0.1, -0.05) is 72.1 Å². The summed E-state index contributed by atoms with van der Waals surface area (Å²) in [6, 6.07) is 6.67. The minimum atomic E-state index is -0.0166. The molecule has 1 unspecified atom stereocenters. The molecule has 0 radical (unpaired) electrons. The minimum absolute atomic E-state index is 0.0166. The fraction of sp³-hybridized carbons (Fsp3) is 0.579. The van der Waals surface area contributed by atoms with Crippen molar-refractivity contribution < 1.29 is 0 Å². The molecule has 0 aliphatic heterocycles. The molecule has 1 atom stereocenters. The molecule has 2 nitrogen and oxygen atoms in total. The van der Waals surface area contributed by atoms with Gasteiger partial charge in [-0.05, 0) is 61.4 Å². The normalized spacial score (nSPS) is 22.6. The third-order valence-corrected chi connectivity index (χ3v) is 6.79. The van der Waals surface area contributed by atoms with Crippen molar-refractivity contribution in [1.82, 2.24) is 5.32 Å². The van der Waals surface area contributed by atoms with E-state index < -0.39 is 0 Å². The van der Waals surface area contributed by atoms with E-state index in [0.29, 0.717) is 12.0 Å². The quantitative estimate of drug-likeness (QED) is 0.181. The second-order valence-corrected chi connectivity index (χ2v) is 9.45. The molecule has 0 spiro atoms. The van der Waals surface area contributed by atoms with Crippen LogP contribution >= 0.6 is 34.2 Å². The first kappa shape index (κ1) is 20.3. The zero-order valence-corrected chi connectivity index (χ0v) is 17.6. The molecule has 132 valence electrons. The molecule has 0 saturated heterocycles. The van der Waals surface area contributed by atoms with Crippen molar-refractivity contribution in [3.05, 3.63) is 40.9 Å². The van der Waals surface area contributed by atoms with Gasteiger partial charge in [0, 0.05) is 11.1 Å². The lowest BCUT2D eigenvalue weighted by Gasteiger charge is -2.44. The van der Waals surface area contributed by atoms with Crippen LogP contribution in [0.5, 0.6) is 0 Å². The minimum Gasteiger partial charge on any atom is -0.317 e. The number of benzene rings is 1. The topological polar surface area (TPSA) is 38.0 Å². The van der Waals surface area contributed by atoms with Gasteiger partial charge in [0.2, 0.25) is 0 Å². The fourth-order valence-electron chi connectivity index (χ4n) is 3.42. The molecule has 0 bridgehead atoms. The van der Waals surface area contributed by atoms with Crippen molar-refractivity contribution in [2.45, 2.75) is 54.4 Å². The lowest BCUT2D eigenvalue weighted by molar-refractivity contribution is 0.175. The Morgan fingerprint density at radius 2 is 2.17 bits per heavy atom. The van der Waals surface area contributed by atoms with E-state index in [1.54, 1.807) is 0 Å². The highest BCUT2D eigenvalue weighted by atomic mass is 127. The van der Waals surface area contributed by atoms with Gasteiger partial charge in [-0.2, -0.15) is 0 Å². The summed E-state index contributed by atoms with van der Waals surface area (Å²) in [5.74, 6) is 0.659. The van der Waals surface area contributed by atoms with Crippen LogP contribution in [0, 0.1) is 5.92 Å². The van der Waals surface area contributed by atoms with Crippen LogP contribution in [-0.2, 0) is 6.42 Å². The highest BCUT2D eigenvalue weighted by Crippen LogP contribution is 2.41. The number of unbranched alkanes of at least 4 members (excludes halogenated alkanes) is 1. The Balaban J connectivity index is 1.70. The lowest BCUT2D eigenvalue weighted by atomic mass is 9.74. The second-order valence-electron chi connectivity index (χ2n) is 7.00. The zero-order valence-electron chi connectivity index (χ0n) is 14.7. The van der Waals surface area contributed by atoms with Crippen LogP contribution in [0.25, 0.3) is 6.08 Å². The molecule has 1 saturated carbocycles. The van der Waals surface area contributed by atoms with E-state index in [-0.39, 0.29) is 3.55 Å². The van der Waals surface area contributed by atoms with E-state index in [2.05, 4.69) is 48.4 Å². The number of halogens is 2. The summed E-state index contributed by atoms with van der Waals surface area (Å²) in [4.78, 5) is 0. The SMILES string of the molecule is BCCCCC(N)(I)[C@H]1C[C@@H](NCCc2ccc(Cl)cc2C=C)C1. The number of rotatable bonds is 10. The van der Waals surface area contributed by atoms with Crippen molar-refractivity contribution in [2.24, 2.45) is 11.7 Å². The first-order valence-corrected chi connectivity index (χ1v) is 10.5. The molecule has 1 aromatic rings. The number of nitrogens with one attached hydrogen (secondary N) is 1. The van der Waals surface area contributed by atoms with E-state index in [1.807, 2.05) is 18.2 Å². The molecule has 0 heterocycles. The summed E-state index contributed by atoms with van der Waals surface area (Å²) < 4.78 is -0.0166. The van der Waals surface area contributed by atoms with Gasteiger partial charge >= 0.3 is 0 Å². The van der Waals surface area contributed by atoms with Crippen molar-refractivity contribution in [1.29, 1.82) is 0 Å². The summed E-state index contributed by atoms with van der Waals surface area (Å²) >= 11 is 8.53. The Morgan fingerprint density at radius 3 is 2.83 bits per heavy atom. The monoisotopic (exact) mass is 458 g/mol. The van der Waals surface area contributed by atoms with Gasteiger partial charge in [0.25, 0.3) is 0 Å². The first-order valence-electron chi connectivity index (χ1n) is 9.08. The van der Waals surface area contributed by atoms with Gasteiger partial charge in [0.15, 0.2) is 0 Å². The van der Waals surface area contributed by atoms with Crippen molar-refractivity contribution in [3.8, 4) is 0 Å². The van der Waals surface area contributed by atoms with Crippen molar-refractivity contribution in [2.75, 3.05) is 6.54 Å². The van der Waals surface area contributed by atoms with Crippen LogP contribution in [0.15, 0.2) is 24.8 Å². The zero-order chi connectivity index (χ0) is 17.6. The predicted octanol–water partition coefficient (Wildman–Crippen LogP) is 4.21. The van der Waals surface area contributed by atoms with Gasteiger partial charge in [-0.3, -0.25) is 0 Å². The van der Waals surface area contributed by atoms with Crippen LogP contribution in [-0.4, -0.2) is 24.0 Å². The van der Waals surface area contributed by atoms with E-state index in [4.69, 9.17) is 17.3 Å². The van der Waals surface area contributed by atoms with Crippen LogP contribution in [0.2, 0.25) is 11.3 Å². The van der Waals surface area contributed by atoms with E-state index in [9.17, 15) is 0 Å². The summed E-state index contributed by atoms with van der Waals surface area (Å²) in [5.41, 5.74) is 8.98. The average molecular weight is 459 g/mol. The Bertz CT molecular complexity index is 544. The maximum atomic E-state index is 6.53. The predicted molar refractivity (Wildman–Crippen MR) is 118 cm³/mol. The molecule has 3 N–H and O–H groups in total. The third kappa shape index (κ3) is 5.75. The number of hydrogen-bond donors (Lipinski definition) is 2. The van der Waals surface area contributed by atoms with Gasteiger partial charge in [-0.25, -0.2) is 0 Å². The van der Waals surface area contributed by atoms with Gasteiger partial charge in [0.1, 0.15) is 7.85 Å². The van der Waals surface area contributed by atoms with Gasteiger partial charge in [-0.15, -0.1) is 0 Å². The summed E-state index contributed by atoms with van der Waals surface area (Å²) in [7, 11) is 2.24. The van der Waals surface area contributed by atoms with E-state index in [1.165, 1.54) is 37.6 Å². The molecule has 24 heavy (non-hydrogen) atoms. The largest absolute Gasteiger partial charge is 0.317 e. The number of nitrogens with two attached hydrogens (primary N) is 1. The van der Waals surface area contributed by atoms with Crippen molar-refractivity contribution >= 4 is 48.1 Å². The van der Waals surface area contributed by atoms with Crippen LogP contribution in [0.1, 0.15) is 43.2 Å². The molecule has 1 aromatic carbocycles. The highest BCUT2D eigenvalue weighted by molar-refractivity contribution is 14.1. The average Bonchev–Trinajstić information content (AvgIpc) is 2.50. The second kappa shape index (κ2) is 9.60. The number of hydrogen-bond acceptors (Lipinski definition) is 2.